The maximum atomic E-state index is 14.9. The highest BCUT2D eigenvalue weighted by Crippen LogP contribution is 2.28. The highest BCUT2D eigenvalue weighted by Gasteiger charge is 2.30. The highest BCUT2D eigenvalue weighted by atomic mass is 19.1. The predicted octanol–water partition coefficient (Wildman–Crippen LogP) is 3.26. The highest BCUT2D eigenvalue weighted by molar-refractivity contribution is 5.38. The molecule has 0 saturated carbocycles. The largest absolute Gasteiger partial charge is 0.379 e. The molecule has 1 heterocycles. The van der Waals surface area contributed by atoms with Crippen molar-refractivity contribution in [3.8, 4) is 0 Å². The second-order valence-electron chi connectivity index (χ2n) is 6.40. The van der Waals surface area contributed by atoms with Gasteiger partial charge in [-0.2, -0.15) is 0 Å². The molecule has 1 aromatic rings. The van der Waals surface area contributed by atoms with Gasteiger partial charge in [0.25, 0.3) is 0 Å². The first kappa shape index (κ1) is 15.5. The molecule has 3 heteroatoms. The molecular weight excluding hydrogens is 253 g/mol. The molecule has 1 aliphatic heterocycles. The fraction of sp³-hybridized carbons (Fsp3) is 0.647. The van der Waals surface area contributed by atoms with Crippen molar-refractivity contribution < 1.29 is 9.13 Å². The number of ether oxygens (including phenoxy) is 1. The van der Waals surface area contributed by atoms with E-state index >= 15 is 0 Å². The van der Waals surface area contributed by atoms with Crippen molar-refractivity contribution in [3.63, 3.8) is 0 Å². The van der Waals surface area contributed by atoms with Crippen molar-refractivity contribution in [1.82, 2.24) is 5.32 Å². The molecule has 1 fully saturated rings. The van der Waals surface area contributed by atoms with Gasteiger partial charge in [0.15, 0.2) is 0 Å². The number of morpholine rings is 1. The molecule has 0 aliphatic carbocycles. The second-order valence-corrected chi connectivity index (χ2v) is 6.40. The summed E-state index contributed by atoms with van der Waals surface area (Å²) >= 11 is 0. The van der Waals surface area contributed by atoms with E-state index in [9.17, 15) is 4.39 Å². The van der Waals surface area contributed by atoms with Gasteiger partial charge >= 0.3 is 0 Å². The van der Waals surface area contributed by atoms with E-state index in [4.69, 9.17) is 4.74 Å². The number of hydrogen-bond donors (Lipinski definition) is 1. The number of rotatable bonds is 4. The number of benzene rings is 1. The quantitative estimate of drug-likeness (QED) is 0.913. The van der Waals surface area contributed by atoms with E-state index in [0.717, 1.165) is 18.7 Å². The Balaban J connectivity index is 2.07. The van der Waals surface area contributed by atoms with Gasteiger partial charge in [0.05, 0.1) is 13.2 Å². The molecule has 0 spiro atoms. The summed E-state index contributed by atoms with van der Waals surface area (Å²) in [6, 6.07) is 4.41. The third-order valence-corrected chi connectivity index (χ3v) is 4.06. The molecule has 1 aromatic carbocycles. The molecule has 2 nitrogen and oxygen atoms in total. The van der Waals surface area contributed by atoms with Crippen LogP contribution in [0.15, 0.2) is 12.1 Å². The molecule has 0 radical (unpaired) electrons. The van der Waals surface area contributed by atoms with Crippen LogP contribution in [0.1, 0.15) is 35.6 Å². The molecule has 1 aliphatic rings. The lowest BCUT2D eigenvalue weighted by molar-refractivity contribution is 0.0482. The smallest absolute Gasteiger partial charge is 0.113 e. The Kier molecular flexibility index (Phi) is 4.82. The van der Waals surface area contributed by atoms with Crippen LogP contribution in [0.3, 0.4) is 0 Å². The van der Waals surface area contributed by atoms with E-state index in [1.54, 1.807) is 6.92 Å². The third kappa shape index (κ3) is 4.03. The van der Waals surface area contributed by atoms with Crippen molar-refractivity contribution in [3.05, 3.63) is 34.4 Å². The van der Waals surface area contributed by atoms with E-state index in [-0.39, 0.29) is 6.04 Å². The topological polar surface area (TPSA) is 21.3 Å². The SMILES string of the molecule is Cc1cc(C)c(CC(C)(F)CC2COCCN2)c(C)c1. The first-order chi connectivity index (χ1) is 9.37. The summed E-state index contributed by atoms with van der Waals surface area (Å²) in [6.45, 7) is 10.1. The summed E-state index contributed by atoms with van der Waals surface area (Å²) in [5.41, 5.74) is 3.57. The number of halogens is 1. The molecule has 112 valence electrons. The van der Waals surface area contributed by atoms with Gasteiger partial charge in [-0.1, -0.05) is 17.7 Å². The third-order valence-electron chi connectivity index (χ3n) is 4.06. The lowest BCUT2D eigenvalue weighted by Crippen LogP contribution is -2.45. The summed E-state index contributed by atoms with van der Waals surface area (Å²) < 4.78 is 20.3. The minimum Gasteiger partial charge on any atom is -0.379 e. The molecule has 20 heavy (non-hydrogen) atoms. The zero-order valence-electron chi connectivity index (χ0n) is 13.1. The Morgan fingerprint density at radius 1 is 1.30 bits per heavy atom. The van der Waals surface area contributed by atoms with Crippen LogP contribution >= 0.6 is 0 Å². The van der Waals surface area contributed by atoms with Crippen LogP contribution in [-0.2, 0) is 11.2 Å². The van der Waals surface area contributed by atoms with E-state index in [1.165, 1.54) is 16.7 Å². The van der Waals surface area contributed by atoms with Crippen LogP contribution in [0.2, 0.25) is 0 Å². The number of nitrogens with one attached hydrogen (secondary N) is 1. The standard InChI is InChI=1S/C17H26FNO/c1-12-7-13(2)16(14(3)8-12)10-17(4,18)9-15-11-20-6-5-19-15/h7-8,15,19H,5-6,9-11H2,1-4H3. The van der Waals surface area contributed by atoms with Crippen molar-refractivity contribution in [2.45, 2.75) is 52.2 Å². The van der Waals surface area contributed by atoms with Crippen LogP contribution in [-0.4, -0.2) is 31.5 Å². The second kappa shape index (κ2) is 6.23. The fourth-order valence-electron chi connectivity index (χ4n) is 3.19. The van der Waals surface area contributed by atoms with Crippen molar-refractivity contribution >= 4 is 0 Å². The molecule has 0 amide bonds. The van der Waals surface area contributed by atoms with Gasteiger partial charge in [-0.3, -0.25) is 0 Å². The fourth-order valence-corrected chi connectivity index (χ4v) is 3.19. The minimum absolute atomic E-state index is 0.129. The summed E-state index contributed by atoms with van der Waals surface area (Å²) in [7, 11) is 0. The van der Waals surface area contributed by atoms with Gasteiger partial charge < -0.3 is 10.1 Å². The van der Waals surface area contributed by atoms with E-state index in [2.05, 4.69) is 38.2 Å². The molecule has 2 rings (SSSR count). The normalized spacial score (nSPS) is 22.6. The van der Waals surface area contributed by atoms with Crippen LogP contribution in [0, 0.1) is 20.8 Å². The lowest BCUT2D eigenvalue weighted by Gasteiger charge is -2.30. The molecule has 0 bridgehead atoms. The molecule has 1 N–H and O–H groups in total. The Morgan fingerprint density at radius 3 is 2.50 bits per heavy atom. The summed E-state index contributed by atoms with van der Waals surface area (Å²) in [5, 5.41) is 3.33. The van der Waals surface area contributed by atoms with Gasteiger partial charge in [-0.05, 0) is 50.8 Å². The van der Waals surface area contributed by atoms with Crippen LogP contribution < -0.4 is 5.32 Å². The average molecular weight is 279 g/mol. The Bertz CT molecular complexity index is 441. The maximum absolute atomic E-state index is 14.9. The Hall–Kier alpha value is -0.930. The predicted molar refractivity (Wildman–Crippen MR) is 81.1 cm³/mol. The molecule has 2 unspecified atom stereocenters. The van der Waals surface area contributed by atoms with Gasteiger partial charge in [0, 0.05) is 19.0 Å². The van der Waals surface area contributed by atoms with E-state index < -0.39 is 5.67 Å². The van der Waals surface area contributed by atoms with Gasteiger partial charge in [0.1, 0.15) is 5.67 Å². The van der Waals surface area contributed by atoms with Crippen LogP contribution in [0.4, 0.5) is 4.39 Å². The summed E-state index contributed by atoms with van der Waals surface area (Å²) in [5.74, 6) is 0. The first-order valence-corrected chi connectivity index (χ1v) is 7.44. The molecule has 0 aromatic heterocycles. The number of hydrogen-bond acceptors (Lipinski definition) is 2. The zero-order valence-corrected chi connectivity index (χ0v) is 13.1. The molecule has 2 atom stereocenters. The van der Waals surface area contributed by atoms with Crippen molar-refractivity contribution in [1.29, 1.82) is 0 Å². The number of aryl methyl sites for hydroxylation is 3. The van der Waals surface area contributed by atoms with Gasteiger partial charge in [-0.25, -0.2) is 4.39 Å². The first-order valence-electron chi connectivity index (χ1n) is 7.44. The van der Waals surface area contributed by atoms with Gasteiger partial charge in [0.2, 0.25) is 0 Å². The van der Waals surface area contributed by atoms with Crippen molar-refractivity contribution in [2.24, 2.45) is 0 Å². The van der Waals surface area contributed by atoms with Crippen LogP contribution in [0.25, 0.3) is 0 Å². The maximum Gasteiger partial charge on any atom is 0.113 e. The molecule has 1 saturated heterocycles. The summed E-state index contributed by atoms with van der Waals surface area (Å²) in [6.07, 6.45) is 0.975. The monoisotopic (exact) mass is 279 g/mol. The zero-order chi connectivity index (χ0) is 14.8. The van der Waals surface area contributed by atoms with E-state index in [0.29, 0.717) is 19.4 Å². The average Bonchev–Trinajstić information content (AvgIpc) is 2.34. The van der Waals surface area contributed by atoms with E-state index in [1.807, 2.05) is 0 Å². The lowest BCUT2D eigenvalue weighted by atomic mass is 9.87. The van der Waals surface area contributed by atoms with Crippen LogP contribution in [0.5, 0.6) is 0 Å². The molecular formula is C17H26FNO. The number of alkyl halides is 1. The van der Waals surface area contributed by atoms with Gasteiger partial charge in [-0.15, -0.1) is 0 Å². The summed E-state index contributed by atoms with van der Waals surface area (Å²) in [4.78, 5) is 0. The Labute approximate surface area is 121 Å². The Morgan fingerprint density at radius 2 is 1.95 bits per heavy atom. The van der Waals surface area contributed by atoms with Crippen molar-refractivity contribution in [2.75, 3.05) is 19.8 Å². The minimum atomic E-state index is -1.21.